The average Bonchev–Trinajstić information content (AvgIpc) is 3.55. The minimum Gasteiger partial charge on any atom is -0.277 e. The predicted molar refractivity (Wildman–Crippen MR) is 213 cm³/mol. The first-order valence-electron chi connectivity index (χ1n) is 17.3. The van der Waals surface area contributed by atoms with Crippen LogP contribution in [0.1, 0.15) is 0 Å². The highest BCUT2D eigenvalue weighted by atomic mass is 15.2. The summed E-state index contributed by atoms with van der Waals surface area (Å²) in [6.07, 6.45) is 0. The second-order valence-corrected chi connectivity index (χ2v) is 13.2. The van der Waals surface area contributed by atoms with Crippen molar-refractivity contribution in [1.82, 2.24) is 19.5 Å². The van der Waals surface area contributed by atoms with E-state index in [1.807, 2.05) is 0 Å². The molecule has 0 saturated heterocycles. The Morgan fingerprint density at radius 2 is 0.804 bits per heavy atom. The van der Waals surface area contributed by atoms with Crippen molar-refractivity contribution in [2.45, 2.75) is 0 Å². The summed E-state index contributed by atoms with van der Waals surface area (Å²) in [5.41, 5.74) is 4.09. The molecule has 9 aromatic carbocycles. The Morgan fingerprint density at radius 1 is 0.314 bits per heavy atom. The van der Waals surface area contributed by atoms with Gasteiger partial charge in [-0.15, -0.1) is 0 Å². The molecule has 0 unspecified atom stereocenters. The molecule has 0 saturated carbocycles. The molecule has 0 radical (unpaired) electrons. The van der Waals surface area contributed by atoms with Gasteiger partial charge in [0.15, 0.2) is 11.6 Å². The zero-order chi connectivity index (χ0) is 33.5. The van der Waals surface area contributed by atoms with Gasteiger partial charge in [0.05, 0.1) is 11.0 Å². The van der Waals surface area contributed by atoms with Gasteiger partial charge in [0, 0.05) is 32.7 Å². The van der Waals surface area contributed by atoms with Crippen molar-refractivity contribution in [3.05, 3.63) is 170 Å². The summed E-state index contributed by atoms with van der Waals surface area (Å²) in [6, 6.07) is 60.2. The molecule has 0 fully saturated rings. The van der Waals surface area contributed by atoms with Crippen LogP contribution in [0.5, 0.6) is 0 Å². The van der Waals surface area contributed by atoms with E-state index in [0.29, 0.717) is 17.6 Å². The number of aromatic nitrogens is 4. The topological polar surface area (TPSA) is 43.6 Å². The van der Waals surface area contributed by atoms with E-state index in [0.717, 1.165) is 49.1 Å². The Morgan fingerprint density at radius 3 is 1.45 bits per heavy atom. The SMILES string of the molecule is c1ccc2c(-c3nc(-c4cccc5ccccc45)nc(-n4c5ccccc5c5c6c7ccccc7ccc6c6ccccc6c54)n3)cccc2c1. The first-order chi connectivity index (χ1) is 25.3. The molecule has 236 valence electrons. The predicted octanol–water partition coefficient (Wildman–Crippen LogP) is 12.1. The average molecular weight is 649 g/mol. The number of para-hydroxylation sites is 1. The highest BCUT2D eigenvalue weighted by Gasteiger charge is 2.23. The van der Waals surface area contributed by atoms with Gasteiger partial charge in [0.2, 0.25) is 5.95 Å². The van der Waals surface area contributed by atoms with Gasteiger partial charge in [-0.3, -0.25) is 4.57 Å². The monoisotopic (exact) mass is 648 g/mol. The van der Waals surface area contributed by atoms with Crippen molar-refractivity contribution in [2.75, 3.05) is 0 Å². The maximum atomic E-state index is 5.39. The number of rotatable bonds is 3. The second-order valence-electron chi connectivity index (χ2n) is 13.2. The van der Waals surface area contributed by atoms with Crippen LogP contribution in [0.15, 0.2) is 170 Å². The number of hydrogen-bond acceptors (Lipinski definition) is 3. The fourth-order valence-electron chi connectivity index (χ4n) is 8.19. The first kappa shape index (κ1) is 28.0. The molecule has 0 atom stereocenters. The molecule has 0 amide bonds. The normalized spacial score (nSPS) is 11.9. The summed E-state index contributed by atoms with van der Waals surface area (Å²) >= 11 is 0. The van der Waals surface area contributed by atoms with E-state index in [-0.39, 0.29) is 0 Å². The van der Waals surface area contributed by atoms with Crippen molar-refractivity contribution in [3.63, 3.8) is 0 Å². The fraction of sp³-hybridized carbons (Fsp3) is 0. The quantitative estimate of drug-likeness (QED) is 0.179. The number of hydrogen-bond donors (Lipinski definition) is 0. The van der Waals surface area contributed by atoms with Gasteiger partial charge in [-0.2, -0.15) is 9.97 Å². The standard InChI is InChI=1S/C47H28N4/c1-4-18-32-29(13-1)16-11-24-38(32)45-48-46(39-25-12-17-30-14-2-5-19-33(30)39)50-47(49-45)51-41-26-10-9-23-40(41)43-42-34-20-6-3-15-31(34)27-28-36(42)35-21-7-8-22-37(35)44(43)51/h1-28H. The third kappa shape index (κ3) is 4.11. The lowest BCUT2D eigenvalue weighted by Crippen LogP contribution is -2.07. The van der Waals surface area contributed by atoms with Gasteiger partial charge in [0.25, 0.3) is 0 Å². The number of fused-ring (bicyclic) bond motifs is 12. The van der Waals surface area contributed by atoms with Crippen LogP contribution in [0.2, 0.25) is 0 Å². The maximum absolute atomic E-state index is 5.39. The van der Waals surface area contributed by atoms with Crippen molar-refractivity contribution in [2.24, 2.45) is 0 Å². The Bertz CT molecular complexity index is 3100. The smallest absolute Gasteiger partial charge is 0.238 e. The van der Waals surface area contributed by atoms with E-state index in [1.54, 1.807) is 0 Å². The van der Waals surface area contributed by atoms with Crippen molar-refractivity contribution >= 4 is 75.7 Å². The van der Waals surface area contributed by atoms with Crippen molar-refractivity contribution in [1.29, 1.82) is 0 Å². The van der Waals surface area contributed by atoms with Gasteiger partial charge in [-0.05, 0) is 49.2 Å². The third-order valence-electron chi connectivity index (χ3n) is 10.4. The summed E-state index contributed by atoms with van der Waals surface area (Å²) in [7, 11) is 0. The molecule has 0 spiro atoms. The van der Waals surface area contributed by atoms with E-state index in [1.165, 1.54) is 37.7 Å². The van der Waals surface area contributed by atoms with Gasteiger partial charge < -0.3 is 0 Å². The van der Waals surface area contributed by atoms with Crippen LogP contribution >= 0.6 is 0 Å². The molecule has 0 aliphatic carbocycles. The molecule has 11 aromatic rings. The zero-order valence-corrected chi connectivity index (χ0v) is 27.5. The van der Waals surface area contributed by atoms with Crippen LogP contribution < -0.4 is 0 Å². The Labute approximate surface area is 292 Å². The highest BCUT2D eigenvalue weighted by molar-refractivity contribution is 6.36. The van der Waals surface area contributed by atoms with E-state index in [9.17, 15) is 0 Å². The van der Waals surface area contributed by atoms with Crippen molar-refractivity contribution < 1.29 is 0 Å². The van der Waals surface area contributed by atoms with E-state index in [2.05, 4.69) is 174 Å². The molecule has 0 aliphatic heterocycles. The van der Waals surface area contributed by atoms with Gasteiger partial charge >= 0.3 is 0 Å². The lowest BCUT2D eigenvalue weighted by Gasteiger charge is -2.15. The molecule has 0 aliphatic rings. The first-order valence-corrected chi connectivity index (χ1v) is 17.3. The zero-order valence-electron chi connectivity index (χ0n) is 27.5. The molecule has 2 aromatic heterocycles. The fourth-order valence-corrected chi connectivity index (χ4v) is 8.19. The molecule has 51 heavy (non-hydrogen) atoms. The summed E-state index contributed by atoms with van der Waals surface area (Å²) < 4.78 is 2.28. The summed E-state index contributed by atoms with van der Waals surface area (Å²) in [5.74, 6) is 1.87. The lowest BCUT2D eigenvalue weighted by atomic mass is 9.93. The molecular formula is C47H28N4. The van der Waals surface area contributed by atoms with Gasteiger partial charge in [-0.25, -0.2) is 4.98 Å². The van der Waals surface area contributed by atoms with E-state index in [4.69, 9.17) is 15.0 Å². The van der Waals surface area contributed by atoms with E-state index < -0.39 is 0 Å². The molecular weight excluding hydrogens is 621 g/mol. The minimum absolute atomic E-state index is 0.590. The third-order valence-corrected chi connectivity index (χ3v) is 10.4. The molecule has 4 heteroatoms. The summed E-state index contributed by atoms with van der Waals surface area (Å²) in [5, 5.41) is 14.2. The van der Waals surface area contributed by atoms with Crippen LogP contribution in [0.4, 0.5) is 0 Å². The molecule has 0 bridgehead atoms. The van der Waals surface area contributed by atoms with Gasteiger partial charge in [0.1, 0.15) is 0 Å². The van der Waals surface area contributed by atoms with Crippen LogP contribution in [0, 0.1) is 0 Å². The Hall–Kier alpha value is -6.91. The summed E-state index contributed by atoms with van der Waals surface area (Å²) in [6.45, 7) is 0. The van der Waals surface area contributed by atoms with Crippen LogP contribution in [0.25, 0.3) is 104 Å². The van der Waals surface area contributed by atoms with E-state index >= 15 is 0 Å². The Balaban J connectivity index is 1.34. The number of benzene rings is 9. The molecule has 0 N–H and O–H groups in total. The number of nitrogens with zero attached hydrogens (tertiary/aromatic N) is 4. The maximum Gasteiger partial charge on any atom is 0.238 e. The molecule has 4 nitrogen and oxygen atoms in total. The largest absolute Gasteiger partial charge is 0.277 e. The summed E-state index contributed by atoms with van der Waals surface area (Å²) in [4.78, 5) is 16.0. The molecule has 2 heterocycles. The minimum atomic E-state index is 0.590. The lowest BCUT2D eigenvalue weighted by molar-refractivity contribution is 0.957. The van der Waals surface area contributed by atoms with Crippen LogP contribution in [-0.2, 0) is 0 Å². The molecule has 11 rings (SSSR count). The van der Waals surface area contributed by atoms with Crippen LogP contribution in [-0.4, -0.2) is 19.5 Å². The van der Waals surface area contributed by atoms with Gasteiger partial charge in [-0.1, -0.05) is 164 Å². The van der Waals surface area contributed by atoms with Crippen LogP contribution in [0.3, 0.4) is 0 Å². The Kier molecular flexibility index (Phi) is 5.92. The van der Waals surface area contributed by atoms with Crippen molar-refractivity contribution in [3.8, 4) is 28.7 Å². The second kappa shape index (κ2) is 10.8. The highest BCUT2D eigenvalue weighted by Crippen LogP contribution is 2.44.